The SMILES string of the molecule is CCNC(c1cc2cc(F)ccc2o1)C1(C)CCCCO1. The van der Waals surface area contributed by atoms with Gasteiger partial charge in [0.25, 0.3) is 0 Å². The highest BCUT2D eigenvalue weighted by atomic mass is 19.1. The van der Waals surface area contributed by atoms with Crippen LogP contribution in [0.5, 0.6) is 0 Å². The lowest BCUT2D eigenvalue weighted by Crippen LogP contribution is -2.45. The summed E-state index contributed by atoms with van der Waals surface area (Å²) in [6.07, 6.45) is 3.27. The molecule has 3 rings (SSSR count). The van der Waals surface area contributed by atoms with Crippen molar-refractivity contribution in [1.29, 1.82) is 0 Å². The molecule has 2 atom stereocenters. The molecule has 2 unspecified atom stereocenters. The zero-order valence-electron chi connectivity index (χ0n) is 12.6. The van der Waals surface area contributed by atoms with Crippen molar-refractivity contribution in [2.24, 2.45) is 0 Å². The van der Waals surface area contributed by atoms with Crippen LogP contribution in [0.2, 0.25) is 0 Å². The molecule has 114 valence electrons. The van der Waals surface area contributed by atoms with Gasteiger partial charge in [-0.2, -0.15) is 0 Å². The normalized spacial score (nSPS) is 24.3. The summed E-state index contributed by atoms with van der Waals surface area (Å²) in [5.74, 6) is 0.580. The van der Waals surface area contributed by atoms with E-state index in [9.17, 15) is 4.39 Å². The summed E-state index contributed by atoms with van der Waals surface area (Å²) in [4.78, 5) is 0. The molecular weight excluding hydrogens is 269 g/mol. The predicted octanol–water partition coefficient (Wildman–Crippen LogP) is 4.18. The summed E-state index contributed by atoms with van der Waals surface area (Å²) in [6.45, 7) is 5.82. The molecule has 1 aliphatic rings. The lowest BCUT2D eigenvalue weighted by molar-refractivity contribution is -0.0930. The molecule has 1 N–H and O–H groups in total. The maximum Gasteiger partial charge on any atom is 0.134 e. The Labute approximate surface area is 124 Å². The van der Waals surface area contributed by atoms with Crippen LogP contribution in [-0.4, -0.2) is 18.8 Å². The Hall–Kier alpha value is -1.39. The van der Waals surface area contributed by atoms with E-state index < -0.39 is 0 Å². The minimum Gasteiger partial charge on any atom is -0.459 e. The smallest absolute Gasteiger partial charge is 0.134 e. The molecule has 0 aliphatic carbocycles. The summed E-state index contributed by atoms with van der Waals surface area (Å²) in [7, 11) is 0. The van der Waals surface area contributed by atoms with Crippen LogP contribution in [0.25, 0.3) is 11.0 Å². The van der Waals surface area contributed by atoms with Crippen LogP contribution in [0.15, 0.2) is 28.7 Å². The molecule has 0 bridgehead atoms. The van der Waals surface area contributed by atoms with Crippen molar-refractivity contribution >= 4 is 11.0 Å². The fourth-order valence-electron chi connectivity index (χ4n) is 3.18. The first-order valence-corrected chi connectivity index (χ1v) is 7.69. The molecule has 1 aliphatic heterocycles. The summed E-state index contributed by atoms with van der Waals surface area (Å²) in [6, 6.07) is 6.53. The van der Waals surface area contributed by atoms with Gasteiger partial charge in [-0.25, -0.2) is 4.39 Å². The monoisotopic (exact) mass is 291 g/mol. The number of rotatable bonds is 4. The van der Waals surface area contributed by atoms with E-state index in [1.54, 1.807) is 6.07 Å². The Morgan fingerprint density at radius 3 is 2.90 bits per heavy atom. The zero-order chi connectivity index (χ0) is 14.9. The lowest BCUT2D eigenvalue weighted by Gasteiger charge is -2.40. The second-order valence-corrected chi connectivity index (χ2v) is 5.94. The highest BCUT2D eigenvalue weighted by Gasteiger charge is 2.39. The van der Waals surface area contributed by atoms with Gasteiger partial charge in [0.1, 0.15) is 17.2 Å². The summed E-state index contributed by atoms with van der Waals surface area (Å²) in [5, 5.41) is 4.27. The van der Waals surface area contributed by atoms with E-state index >= 15 is 0 Å². The van der Waals surface area contributed by atoms with Crippen LogP contribution in [-0.2, 0) is 4.74 Å². The van der Waals surface area contributed by atoms with Gasteiger partial charge in [-0.3, -0.25) is 0 Å². The first-order valence-electron chi connectivity index (χ1n) is 7.69. The van der Waals surface area contributed by atoms with Crippen LogP contribution in [0, 0.1) is 5.82 Å². The second-order valence-electron chi connectivity index (χ2n) is 5.94. The van der Waals surface area contributed by atoms with Crippen molar-refractivity contribution in [3.63, 3.8) is 0 Å². The van der Waals surface area contributed by atoms with Gasteiger partial charge in [-0.15, -0.1) is 0 Å². The third kappa shape index (κ3) is 2.83. The minimum atomic E-state index is -0.277. The molecular formula is C17H22FNO2. The number of hydrogen-bond acceptors (Lipinski definition) is 3. The number of halogens is 1. The Morgan fingerprint density at radius 1 is 1.33 bits per heavy atom. The number of hydrogen-bond donors (Lipinski definition) is 1. The Kier molecular flexibility index (Phi) is 4.00. The molecule has 2 aromatic rings. The number of benzene rings is 1. The van der Waals surface area contributed by atoms with E-state index in [1.165, 1.54) is 12.1 Å². The van der Waals surface area contributed by atoms with Crippen molar-refractivity contribution in [3.8, 4) is 0 Å². The van der Waals surface area contributed by atoms with Crippen LogP contribution in [0.3, 0.4) is 0 Å². The second kappa shape index (κ2) is 5.78. The van der Waals surface area contributed by atoms with Crippen LogP contribution >= 0.6 is 0 Å². The standard InChI is InChI=1S/C17H22FNO2/c1-3-19-16(17(2)8-4-5-9-20-17)15-11-12-10-13(18)6-7-14(12)21-15/h6-7,10-11,16,19H,3-5,8-9H2,1-2H3. The number of furan rings is 1. The Morgan fingerprint density at radius 2 is 2.19 bits per heavy atom. The van der Waals surface area contributed by atoms with Crippen molar-refractivity contribution in [2.45, 2.75) is 44.8 Å². The number of fused-ring (bicyclic) bond motifs is 1. The molecule has 0 spiro atoms. The first-order chi connectivity index (χ1) is 10.1. The molecule has 2 heterocycles. The van der Waals surface area contributed by atoms with Crippen molar-refractivity contribution < 1.29 is 13.5 Å². The van der Waals surface area contributed by atoms with E-state index in [0.29, 0.717) is 5.58 Å². The lowest BCUT2D eigenvalue weighted by atomic mass is 9.86. The third-order valence-electron chi connectivity index (χ3n) is 4.30. The van der Waals surface area contributed by atoms with Crippen molar-refractivity contribution in [3.05, 3.63) is 35.8 Å². The molecule has 1 fully saturated rings. The van der Waals surface area contributed by atoms with Gasteiger partial charge in [0, 0.05) is 12.0 Å². The maximum atomic E-state index is 13.3. The average Bonchev–Trinajstić information content (AvgIpc) is 2.87. The summed E-state index contributed by atoms with van der Waals surface area (Å²) < 4.78 is 25.3. The van der Waals surface area contributed by atoms with Gasteiger partial charge in [0.05, 0.1) is 11.6 Å². The molecule has 1 aromatic carbocycles. The van der Waals surface area contributed by atoms with Gasteiger partial charge in [-0.05, 0) is 57.0 Å². The van der Waals surface area contributed by atoms with Crippen LogP contribution in [0.1, 0.15) is 44.9 Å². The first kappa shape index (κ1) is 14.5. The molecule has 1 aromatic heterocycles. The molecule has 0 saturated carbocycles. The Balaban J connectivity index is 1.98. The molecule has 4 heteroatoms. The number of ether oxygens (including phenoxy) is 1. The van der Waals surface area contributed by atoms with E-state index in [1.807, 2.05) is 6.07 Å². The molecule has 21 heavy (non-hydrogen) atoms. The molecule has 0 amide bonds. The third-order valence-corrected chi connectivity index (χ3v) is 4.30. The molecule has 1 saturated heterocycles. The zero-order valence-corrected chi connectivity index (χ0v) is 12.6. The van der Waals surface area contributed by atoms with Gasteiger partial charge in [0.15, 0.2) is 0 Å². The van der Waals surface area contributed by atoms with E-state index in [2.05, 4.69) is 19.2 Å². The fraction of sp³-hybridized carbons (Fsp3) is 0.529. The quantitative estimate of drug-likeness (QED) is 0.917. The van der Waals surface area contributed by atoms with E-state index in [0.717, 1.165) is 43.6 Å². The van der Waals surface area contributed by atoms with E-state index in [-0.39, 0.29) is 17.5 Å². The van der Waals surface area contributed by atoms with Crippen LogP contribution in [0.4, 0.5) is 4.39 Å². The van der Waals surface area contributed by atoms with Crippen molar-refractivity contribution in [1.82, 2.24) is 5.32 Å². The molecule has 3 nitrogen and oxygen atoms in total. The molecule has 0 radical (unpaired) electrons. The van der Waals surface area contributed by atoms with Gasteiger partial charge >= 0.3 is 0 Å². The highest BCUT2D eigenvalue weighted by molar-refractivity contribution is 5.78. The van der Waals surface area contributed by atoms with Gasteiger partial charge < -0.3 is 14.5 Å². The van der Waals surface area contributed by atoms with Gasteiger partial charge in [0.2, 0.25) is 0 Å². The largest absolute Gasteiger partial charge is 0.459 e. The number of likely N-dealkylation sites (N-methyl/N-ethyl adjacent to an activating group) is 1. The van der Waals surface area contributed by atoms with Crippen LogP contribution < -0.4 is 5.32 Å². The Bertz CT molecular complexity index is 616. The average molecular weight is 291 g/mol. The van der Waals surface area contributed by atoms with E-state index in [4.69, 9.17) is 9.15 Å². The van der Waals surface area contributed by atoms with Gasteiger partial charge in [-0.1, -0.05) is 6.92 Å². The number of nitrogens with one attached hydrogen (secondary N) is 1. The minimum absolute atomic E-state index is 0.0155. The predicted molar refractivity (Wildman–Crippen MR) is 80.8 cm³/mol. The highest BCUT2D eigenvalue weighted by Crippen LogP contribution is 2.38. The van der Waals surface area contributed by atoms with Crippen molar-refractivity contribution in [2.75, 3.05) is 13.2 Å². The maximum absolute atomic E-state index is 13.3. The summed E-state index contributed by atoms with van der Waals surface area (Å²) in [5.41, 5.74) is 0.439. The summed E-state index contributed by atoms with van der Waals surface area (Å²) >= 11 is 0. The topological polar surface area (TPSA) is 34.4 Å². The fourth-order valence-corrected chi connectivity index (χ4v) is 3.18.